The molecule has 0 rings (SSSR count). The Bertz CT molecular complexity index is 295. The Balaban J connectivity index is 4.71. The highest BCUT2D eigenvalue weighted by atomic mass is 28.4. The first-order chi connectivity index (χ1) is 8.24. The molecule has 1 atom stereocenters. The highest BCUT2D eigenvalue weighted by Gasteiger charge is 2.38. The van der Waals surface area contributed by atoms with Crippen LogP contribution in [0, 0.1) is 0 Å². The Kier molecular flexibility index (Phi) is 7.49. The molecule has 0 aromatic rings. The smallest absolute Gasteiger partial charge is 0.192 e. The van der Waals surface area contributed by atoms with Crippen molar-refractivity contribution < 1.29 is 4.43 Å². The Labute approximate surface area is 115 Å². The maximum Gasteiger partial charge on any atom is 0.192 e. The minimum atomic E-state index is -1.69. The third-order valence-corrected chi connectivity index (χ3v) is 8.04. The molecule has 1 nitrogen and oxygen atoms in total. The van der Waals surface area contributed by atoms with Crippen molar-refractivity contribution in [2.75, 3.05) is 0 Å². The van der Waals surface area contributed by atoms with E-state index in [1.165, 1.54) is 0 Å². The highest BCUT2D eigenvalue weighted by molar-refractivity contribution is 6.74. The van der Waals surface area contributed by atoms with E-state index in [2.05, 4.69) is 58.7 Å². The van der Waals surface area contributed by atoms with Crippen molar-refractivity contribution in [2.45, 2.75) is 64.8 Å². The fourth-order valence-corrected chi connectivity index (χ4v) is 2.64. The van der Waals surface area contributed by atoms with E-state index in [0.717, 1.165) is 12.8 Å². The van der Waals surface area contributed by atoms with Crippen LogP contribution in [0.15, 0.2) is 37.0 Å². The van der Waals surface area contributed by atoms with E-state index in [4.69, 9.17) is 4.43 Å². The molecule has 0 radical (unpaired) electrons. The fraction of sp³-hybridized carbons (Fsp3) is 0.625. The van der Waals surface area contributed by atoms with Crippen molar-refractivity contribution in [1.29, 1.82) is 0 Å². The van der Waals surface area contributed by atoms with Gasteiger partial charge in [0.2, 0.25) is 0 Å². The predicted octanol–water partition coefficient (Wildman–Crippen LogP) is 5.48. The van der Waals surface area contributed by atoms with Crippen molar-refractivity contribution in [3.63, 3.8) is 0 Å². The molecule has 0 saturated heterocycles. The molecule has 0 bridgehead atoms. The van der Waals surface area contributed by atoms with Crippen molar-refractivity contribution in [2.24, 2.45) is 0 Å². The van der Waals surface area contributed by atoms with Gasteiger partial charge in [0.05, 0.1) is 6.10 Å². The first kappa shape index (κ1) is 17.4. The molecule has 0 aliphatic carbocycles. The van der Waals surface area contributed by atoms with Gasteiger partial charge in [-0.15, -0.1) is 6.58 Å². The third-order valence-electron chi connectivity index (χ3n) is 3.54. The molecule has 0 aliphatic heterocycles. The van der Waals surface area contributed by atoms with Crippen molar-refractivity contribution in [3.05, 3.63) is 37.0 Å². The van der Waals surface area contributed by atoms with Gasteiger partial charge in [-0.1, -0.05) is 51.2 Å². The topological polar surface area (TPSA) is 9.23 Å². The summed E-state index contributed by atoms with van der Waals surface area (Å²) in [6, 6.07) is 0. The zero-order valence-corrected chi connectivity index (χ0v) is 14.0. The molecule has 0 aromatic carbocycles. The SMILES string of the molecule is C=CCCC(/C=C/C=C/C)O[Si](C)(C)C(C)(C)C. The van der Waals surface area contributed by atoms with Crippen LogP contribution in [0.4, 0.5) is 0 Å². The molecule has 18 heavy (non-hydrogen) atoms. The van der Waals surface area contributed by atoms with Gasteiger partial charge in [0, 0.05) is 0 Å². The van der Waals surface area contributed by atoms with Gasteiger partial charge in [0.15, 0.2) is 8.32 Å². The standard InChI is InChI=1S/C16H30OSi/c1-8-10-12-14-15(13-11-9-2)17-18(6,7)16(3,4)5/h8-10,12,14-15H,2,11,13H2,1,3-7H3/b10-8+,14-12+. The van der Waals surface area contributed by atoms with Crippen molar-refractivity contribution in [1.82, 2.24) is 0 Å². The van der Waals surface area contributed by atoms with Crippen LogP contribution in [-0.4, -0.2) is 14.4 Å². The molecule has 104 valence electrons. The summed E-state index contributed by atoms with van der Waals surface area (Å²) in [6.45, 7) is 17.3. The summed E-state index contributed by atoms with van der Waals surface area (Å²) >= 11 is 0. The fourth-order valence-electron chi connectivity index (χ4n) is 1.33. The Hall–Kier alpha value is -0.603. The normalized spacial score (nSPS) is 15.4. The van der Waals surface area contributed by atoms with Gasteiger partial charge >= 0.3 is 0 Å². The van der Waals surface area contributed by atoms with Gasteiger partial charge in [0.25, 0.3) is 0 Å². The molecular formula is C16H30OSi. The molecule has 0 aliphatic rings. The van der Waals surface area contributed by atoms with Gasteiger partial charge in [-0.05, 0) is 37.9 Å². The lowest BCUT2D eigenvalue weighted by Crippen LogP contribution is -2.43. The summed E-state index contributed by atoms with van der Waals surface area (Å²) in [5.74, 6) is 0. The first-order valence-electron chi connectivity index (χ1n) is 6.83. The molecule has 0 aromatic heterocycles. The third kappa shape index (κ3) is 6.36. The molecule has 1 unspecified atom stereocenters. The molecule has 0 amide bonds. The van der Waals surface area contributed by atoms with Gasteiger partial charge in [-0.25, -0.2) is 0 Å². The summed E-state index contributed by atoms with van der Waals surface area (Å²) in [5, 5.41) is 0.258. The number of rotatable bonds is 7. The van der Waals surface area contributed by atoms with Crippen LogP contribution in [0.5, 0.6) is 0 Å². The van der Waals surface area contributed by atoms with E-state index in [1.54, 1.807) is 0 Å². The zero-order chi connectivity index (χ0) is 14.2. The molecule has 0 heterocycles. The predicted molar refractivity (Wildman–Crippen MR) is 85.5 cm³/mol. The summed E-state index contributed by atoms with van der Waals surface area (Å²) < 4.78 is 6.42. The van der Waals surface area contributed by atoms with Gasteiger partial charge in [0.1, 0.15) is 0 Å². The number of allylic oxidation sites excluding steroid dienone is 4. The number of hydrogen-bond donors (Lipinski definition) is 0. The summed E-state index contributed by atoms with van der Waals surface area (Å²) in [6.07, 6.45) is 12.5. The molecular weight excluding hydrogens is 236 g/mol. The lowest BCUT2D eigenvalue weighted by atomic mass is 10.2. The zero-order valence-electron chi connectivity index (χ0n) is 13.0. The second-order valence-electron chi connectivity index (χ2n) is 6.19. The summed E-state index contributed by atoms with van der Waals surface area (Å²) in [4.78, 5) is 0. The van der Waals surface area contributed by atoms with Crippen molar-refractivity contribution in [3.8, 4) is 0 Å². The van der Waals surface area contributed by atoms with Crippen LogP contribution in [0.1, 0.15) is 40.5 Å². The van der Waals surface area contributed by atoms with Crippen LogP contribution in [0.3, 0.4) is 0 Å². The Morgan fingerprint density at radius 2 is 1.83 bits per heavy atom. The van der Waals surface area contributed by atoms with Gasteiger partial charge in [-0.3, -0.25) is 0 Å². The summed E-state index contributed by atoms with van der Waals surface area (Å²) in [5.41, 5.74) is 0. The molecule has 0 spiro atoms. The molecule has 2 heteroatoms. The highest BCUT2D eigenvalue weighted by Crippen LogP contribution is 2.37. The van der Waals surface area contributed by atoms with E-state index < -0.39 is 8.32 Å². The Morgan fingerprint density at radius 3 is 2.28 bits per heavy atom. The quantitative estimate of drug-likeness (QED) is 0.337. The Morgan fingerprint density at radius 1 is 1.22 bits per heavy atom. The number of hydrogen-bond acceptors (Lipinski definition) is 1. The van der Waals surface area contributed by atoms with Gasteiger partial charge in [-0.2, -0.15) is 0 Å². The second kappa shape index (κ2) is 7.75. The molecule has 0 saturated carbocycles. The van der Waals surface area contributed by atoms with Crippen LogP contribution in [0.25, 0.3) is 0 Å². The van der Waals surface area contributed by atoms with E-state index in [0.29, 0.717) is 0 Å². The van der Waals surface area contributed by atoms with E-state index >= 15 is 0 Å². The van der Waals surface area contributed by atoms with Crippen molar-refractivity contribution >= 4 is 8.32 Å². The van der Waals surface area contributed by atoms with E-state index in [9.17, 15) is 0 Å². The van der Waals surface area contributed by atoms with Crippen LogP contribution < -0.4 is 0 Å². The minimum absolute atomic E-state index is 0.208. The second-order valence-corrected chi connectivity index (χ2v) is 10.9. The lowest BCUT2D eigenvalue weighted by molar-refractivity contribution is 0.216. The monoisotopic (exact) mass is 266 g/mol. The molecule has 0 fully saturated rings. The van der Waals surface area contributed by atoms with Crippen LogP contribution in [-0.2, 0) is 4.43 Å². The molecule has 0 N–H and O–H groups in total. The minimum Gasteiger partial charge on any atom is -0.411 e. The average Bonchev–Trinajstić information content (AvgIpc) is 2.24. The largest absolute Gasteiger partial charge is 0.411 e. The van der Waals surface area contributed by atoms with Crippen LogP contribution in [0.2, 0.25) is 18.1 Å². The lowest BCUT2D eigenvalue weighted by Gasteiger charge is -2.38. The average molecular weight is 267 g/mol. The van der Waals surface area contributed by atoms with E-state index in [1.807, 2.05) is 19.1 Å². The van der Waals surface area contributed by atoms with E-state index in [-0.39, 0.29) is 11.1 Å². The maximum absolute atomic E-state index is 6.42. The summed E-state index contributed by atoms with van der Waals surface area (Å²) in [7, 11) is -1.69. The van der Waals surface area contributed by atoms with Gasteiger partial charge < -0.3 is 4.43 Å². The first-order valence-corrected chi connectivity index (χ1v) is 9.73. The van der Waals surface area contributed by atoms with Crippen LogP contribution >= 0.6 is 0 Å². The maximum atomic E-state index is 6.42.